The molecule has 3 rings (SSSR count). The molecule has 1 unspecified atom stereocenters. The zero-order valence-electron chi connectivity index (χ0n) is 14.9. The molecule has 0 aliphatic heterocycles. The van der Waals surface area contributed by atoms with Gasteiger partial charge in [0.2, 0.25) is 0 Å². The molecule has 0 radical (unpaired) electrons. The minimum absolute atomic E-state index is 0.0768. The Kier molecular flexibility index (Phi) is 5.89. The van der Waals surface area contributed by atoms with E-state index in [0.29, 0.717) is 17.7 Å². The van der Waals surface area contributed by atoms with Gasteiger partial charge in [-0.15, -0.1) is 0 Å². The van der Waals surface area contributed by atoms with E-state index in [4.69, 9.17) is 4.42 Å². The van der Waals surface area contributed by atoms with Gasteiger partial charge in [-0.3, -0.25) is 4.79 Å². The van der Waals surface area contributed by atoms with Gasteiger partial charge in [0.05, 0.1) is 6.26 Å². The van der Waals surface area contributed by atoms with E-state index >= 15 is 0 Å². The molecule has 2 aromatic carbocycles. The standard InChI is InChI=1S/C21H21N3O3/c1-15(14-19-8-5-13-27-19)22-21(26)24-18-11-9-16(10-12-18)20(25)23-17-6-3-2-4-7-17/h2-13,15H,14H2,1H3,(H,23,25)(H2,22,24,26). The number of amides is 3. The van der Waals surface area contributed by atoms with Crippen molar-refractivity contribution in [1.29, 1.82) is 0 Å². The first-order valence-corrected chi connectivity index (χ1v) is 8.66. The van der Waals surface area contributed by atoms with E-state index in [1.807, 2.05) is 49.4 Å². The second-order valence-corrected chi connectivity index (χ2v) is 6.18. The van der Waals surface area contributed by atoms with Gasteiger partial charge in [0.25, 0.3) is 5.91 Å². The molecule has 0 fully saturated rings. The molecule has 1 aromatic heterocycles. The highest BCUT2D eigenvalue weighted by molar-refractivity contribution is 6.04. The summed E-state index contributed by atoms with van der Waals surface area (Å²) in [5.41, 5.74) is 1.85. The highest BCUT2D eigenvalue weighted by Gasteiger charge is 2.10. The number of anilines is 2. The topological polar surface area (TPSA) is 83.4 Å². The van der Waals surface area contributed by atoms with Crippen LogP contribution in [0.4, 0.5) is 16.2 Å². The SMILES string of the molecule is CC(Cc1ccco1)NC(=O)Nc1ccc(C(=O)Nc2ccccc2)cc1. The van der Waals surface area contributed by atoms with E-state index in [0.717, 1.165) is 11.4 Å². The number of furan rings is 1. The predicted octanol–water partition coefficient (Wildman–Crippen LogP) is 4.28. The van der Waals surface area contributed by atoms with Crippen LogP contribution in [-0.4, -0.2) is 18.0 Å². The Morgan fingerprint density at radius 2 is 1.59 bits per heavy atom. The van der Waals surface area contributed by atoms with Crippen molar-refractivity contribution in [2.45, 2.75) is 19.4 Å². The Bertz CT molecular complexity index is 875. The molecule has 0 aliphatic rings. The third kappa shape index (κ3) is 5.47. The van der Waals surface area contributed by atoms with Crippen LogP contribution in [0.2, 0.25) is 0 Å². The van der Waals surface area contributed by atoms with Crippen LogP contribution in [0, 0.1) is 0 Å². The number of carbonyl (C=O) groups is 2. The minimum atomic E-state index is -0.310. The lowest BCUT2D eigenvalue weighted by molar-refractivity contribution is 0.102. The highest BCUT2D eigenvalue weighted by Crippen LogP contribution is 2.13. The van der Waals surface area contributed by atoms with Crippen molar-refractivity contribution in [3.05, 3.63) is 84.3 Å². The van der Waals surface area contributed by atoms with E-state index in [-0.39, 0.29) is 18.0 Å². The van der Waals surface area contributed by atoms with Crippen molar-refractivity contribution in [2.24, 2.45) is 0 Å². The van der Waals surface area contributed by atoms with Crippen LogP contribution >= 0.6 is 0 Å². The van der Waals surface area contributed by atoms with Gasteiger partial charge in [0.1, 0.15) is 5.76 Å². The molecule has 3 N–H and O–H groups in total. The van der Waals surface area contributed by atoms with E-state index in [1.165, 1.54) is 0 Å². The van der Waals surface area contributed by atoms with Crippen molar-refractivity contribution in [2.75, 3.05) is 10.6 Å². The zero-order chi connectivity index (χ0) is 19.1. The summed E-state index contributed by atoms with van der Waals surface area (Å²) in [6.07, 6.45) is 2.22. The summed E-state index contributed by atoms with van der Waals surface area (Å²) in [6, 6.07) is 19.3. The van der Waals surface area contributed by atoms with Crippen molar-refractivity contribution >= 4 is 23.3 Å². The molecule has 0 bridgehead atoms. The summed E-state index contributed by atoms with van der Waals surface area (Å²) in [5, 5.41) is 8.42. The van der Waals surface area contributed by atoms with Crippen LogP contribution < -0.4 is 16.0 Å². The van der Waals surface area contributed by atoms with Crippen molar-refractivity contribution in [3.8, 4) is 0 Å². The molecule has 3 aromatic rings. The maximum Gasteiger partial charge on any atom is 0.319 e. The van der Waals surface area contributed by atoms with Crippen LogP contribution in [0.3, 0.4) is 0 Å². The van der Waals surface area contributed by atoms with Gasteiger partial charge >= 0.3 is 6.03 Å². The number of para-hydroxylation sites is 1. The summed E-state index contributed by atoms with van der Waals surface area (Å²) in [4.78, 5) is 24.3. The Balaban J connectivity index is 1.51. The number of nitrogens with one attached hydrogen (secondary N) is 3. The molecule has 6 heteroatoms. The second-order valence-electron chi connectivity index (χ2n) is 6.18. The fourth-order valence-electron chi connectivity index (χ4n) is 2.60. The molecule has 1 atom stereocenters. The minimum Gasteiger partial charge on any atom is -0.469 e. The van der Waals surface area contributed by atoms with Crippen molar-refractivity contribution in [3.63, 3.8) is 0 Å². The van der Waals surface area contributed by atoms with E-state index in [9.17, 15) is 9.59 Å². The number of hydrogen-bond donors (Lipinski definition) is 3. The second kappa shape index (κ2) is 8.71. The number of hydrogen-bond acceptors (Lipinski definition) is 3. The predicted molar refractivity (Wildman–Crippen MR) is 105 cm³/mol. The monoisotopic (exact) mass is 363 g/mol. The summed E-state index contributed by atoms with van der Waals surface area (Å²) < 4.78 is 5.27. The van der Waals surface area contributed by atoms with Crippen LogP contribution in [0.25, 0.3) is 0 Å². The lowest BCUT2D eigenvalue weighted by atomic mass is 10.2. The molecular formula is C21H21N3O3. The highest BCUT2D eigenvalue weighted by atomic mass is 16.3. The lowest BCUT2D eigenvalue weighted by Crippen LogP contribution is -2.37. The Morgan fingerprint density at radius 3 is 2.26 bits per heavy atom. The maximum absolute atomic E-state index is 12.2. The maximum atomic E-state index is 12.2. The molecule has 27 heavy (non-hydrogen) atoms. The van der Waals surface area contributed by atoms with Gasteiger partial charge in [0.15, 0.2) is 0 Å². The van der Waals surface area contributed by atoms with Gasteiger partial charge in [-0.05, 0) is 55.5 Å². The Morgan fingerprint density at radius 1 is 0.889 bits per heavy atom. The molecule has 138 valence electrons. The van der Waals surface area contributed by atoms with Gasteiger partial charge in [-0.25, -0.2) is 4.79 Å². The van der Waals surface area contributed by atoms with Crippen LogP contribution in [0.1, 0.15) is 23.0 Å². The Hall–Kier alpha value is -3.54. The molecule has 3 amide bonds. The Labute approximate surface area is 157 Å². The first-order valence-electron chi connectivity index (χ1n) is 8.66. The fraction of sp³-hybridized carbons (Fsp3) is 0.143. The van der Waals surface area contributed by atoms with E-state index < -0.39 is 0 Å². The molecule has 0 aliphatic carbocycles. The molecule has 0 saturated carbocycles. The molecular weight excluding hydrogens is 342 g/mol. The summed E-state index contributed by atoms with van der Waals surface area (Å²) in [5.74, 6) is 0.612. The number of rotatable bonds is 6. The van der Waals surface area contributed by atoms with E-state index in [2.05, 4.69) is 16.0 Å². The lowest BCUT2D eigenvalue weighted by Gasteiger charge is -2.13. The number of carbonyl (C=O) groups excluding carboxylic acids is 2. The molecule has 6 nitrogen and oxygen atoms in total. The van der Waals surface area contributed by atoms with Crippen molar-refractivity contribution in [1.82, 2.24) is 5.32 Å². The van der Waals surface area contributed by atoms with Gasteiger partial charge in [-0.1, -0.05) is 18.2 Å². The largest absolute Gasteiger partial charge is 0.469 e. The number of urea groups is 1. The first kappa shape index (κ1) is 18.3. The fourth-order valence-corrected chi connectivity index (χ4v) is 2.60. The molecule has 1 heterocycles. The zero-order valence-corrected chi connectivity index (χ0v) is 14.9. The average Bonchev–Trinajstić information content (AvgIpc) is 3.15. The average molecular weight is 363 g/mol. The quantitative estimate of drug-likeness (QED) is 0.611. The van der Waals surface area contributed by atoms with Gasteiger partial charge in [-0.2, -0.15) is 0 Å². The third-order valence-electron chi connectivity index (χ3n) is 3.90. The number of benzene rings is 2. The van der Waals surface area contributed by atoms with E-state index in [1.54, 1.807) is 30.5 Å². The van der Waals surface area contributed by atoms with Gasteiger partial charge < -0.3 is 20.4 Å². The summed E-state index contributed by atoms with van der Waals surface area (Å²) in [6.45, 7) is 1.90. The first-order chi connectivity index (χ1) is 13.1. The van der Waals surface area contributed by atoms with Crippen LogP contribution in [0.15, 0.2) is 77.4 Å². The molecule has 0 spiro atoms. The van der Waals surface area contributed by atoms with Crippen LogP contribution in [-0.2, 0) is 6.42 Å². The summed E-state index contributed by atoms with van der Waals surface area (Å²) >= 11 is 0. The normalized spacial score (nSPS) is 11.4. The van der Waals surface area contributed by atoms with Gasteiger partial charge in [0, 0.05) is 29.4 Å². The smallest absolute Gasteiger partial charge is 0.319 e. The molecule has 0 saturated heterocycles. The van der Waals surface area contributed by atoms with Crippen LogP contribution in [0.5, 0.6) is 0 Å². The summed E-state index contributed by atoms with van der Waals surface area (Å²) in [7, 11) is 0. The third-order valence-corrected chi connectivity index (χ3v) is 3.90. The van der Waals surface area contributed by atoms with Crippen molar-refractivity contribution < 1.29 is 14.0 Å².